The molecule has 110 valence electrons. The average molecular weight is 294 g/mol. The van der Waals surface area contributed by atoms with E-state index in [1.165, 1.54) is 37.9 Å². The van der Waals surface area contributed by atoms with Gasteiger partial charge in [-0.1, -0.05) is 37.6 Å². The Hall–Kier alpha value is -0.860. The Morgan fingerprint density at radius 2 is 1.85 bits per heavy atom. The number of rotatable bonds is 2. The van der Waals surface area contributed by atoms with Crippen molar-refractivity contribution in [3.05, 3.63) is 35.4 Å². The highest BCUT2D eigenvalue weighted by molar-refractivity contribution is 6.00. The molecular formula is C17H24ClNO. The van der Waals surface area contributed by atoms with Crippen molar-refractivity contribution in [2.75, 3.05) is 19.6 Å². The van der Waals surface area contributed by atoms with E-state index >= 15 is 0 Å². The standard InChI is InChI=1S/C17H23NO.ClH/c1-13-11-14(12-18-9-5-2-6-10-18)17(19)16-8-4-3-7-15(13)16;/h3-4,7-8,13-14H,2,5-6,9-12H2,1H3;1H. The van der Waals surface area contributed by atoms with Crippen LogP contribution in [0.4, 0.5) is 0 Å². The lowest BCUT2D eigenvalue weighted by molar-refractivity contribution is 0.0835. The third-order valence-corrected chi connectivity index (χ3v) is 4.69. The normalized spacial score (nSPS) is 26.8. The van der Waals surface area contributed by atoms with Crippen molar-refractivity contribution in [3.63, 3.8) is 0 Å². The molecule has 0 spiro atoms. The van der Waals surface area contributed by atoms with E-state index in [1.807, 2.05) is 18.2 Å². The van der Waals surface area contributed by atoms with Crippen molar-refractivity contribution < 1.29 is 4.79 Å². The number of nitrogens with zero attached hydrogens (tertiary/aromatic N) is 1. The van der Waals surface area contributed by atoms with Gasteiger partial charge < -0.3 is 4.90 Å². The zero-order valence-corrected chi connectivity index (χ0v) is 13.0. The number of carbonyl (C=O) groups is 1. The van der Waals surface area contributed by atoms with Gasteiger partial charge in [-0.05, 0) is 43.8 Å². The second-order valence-electron chi connectivity index (χ2n) is 6.15. The lowest BCUT2D eigenvalue weighted by atomic mass is 9.76. The molecule has 1 aromatic carbocycles. The number of ketones is 1. The van der Waals surface area contributed by atoms with Crippen LogP contribution < -0.4 is 0 Å². The highest BCUT2D eigenvalue weighted by atomic mass is 35.5. The smallest absolute Gasteiger partial charge is 0.167 e. The second kappa shape index (κ2) is 6.73. The van der Waals surface area contributed by atoms with Crippen molar-refractivity contribution in [2.24, 2.45) is 5.92 Å². The summed E-state index contributed by atoms with van der Waals surface area (Å²) in [6.45, 7) is 5.59. The topological polar surface area (TPSA) is 20.3 Å². The van der Waals surface area contributed by atoms with E-state index in [-0.39, 0.29) is 18.3 Å². The molecule has 1 saturated heterocycles. The van der Waals surface area contributed by atoms with Gasteiger partial charge in [-0.25, -0.2) is 0 Å². The fourth-order valence-electron chi connectivity index (χ4n) is 3.64. The van der Waals surface area contributed by atoms with Crippen LogP contribution >= 0.6 is 12.4 Å². The molecule has 1 aliphatic carbocycles. The maximum Gasteiger partial charge on any atom is 0.167 e. The first-order chi connectivity index (χ1) is 9.25. The average Bonchev–Trinajstić information content (AvgIpc) is 2.46. The van der Waals surface area contributed by atoms with Crippen LogP contribution in [0.2, 0.25) is 0 Å². The van der Waals surface area contributed by atoms with E-state index in [9.17, 15) is 4.79 Å². The number of piperidine rings is 1. The van der Waals surface area contributed by atoms with Crippen LogP contribution in [0.25, 0.3) is 0 Å². The summed E-state index contributed by atoms with van der Waals surface area (Å²) in [7, 11) is 0. The molecule has 3 heteroatoms. The summed E-state index contributed by atoms with van der Waals surface area (Å²) >= 11 is 0. The SMILES string of the molecule is CC1CC(CN2CCCCC2)C(=O)c2ccccc21.Cl. The minimum Gasteiger partial charge on any atom is -0.303 e. The fourth-order valence-corrected chi connectivity index (χ4v) is 3.64. The van der Waals surface area contributed by atoms with Crippen molar-refractivity contribution in [1.82, 2.24) is 4.90 Å². The van der Waals surface area contributed by atoms with Gasteiger partial charge in [0.1, 0.15) is 0 Å². The van der Waals surface area contributed by atoms with Crippen molar-refractivity contribution >= 4 is 18.2 Å². The monoisotopic (exact) mass is 293 g/mol. The van der Waals surface area contributed by atoms with Gasteiger partial charge in [0.05, 0.1) is 0 Å². The Bertz CT molecular complexity index is 468. The molecule has 20 heavy (non-hydrogen) atoms. The van der Waals surface area contributed by atoms with Gasteiger partial charge in [0.2, 0.25) is 0 Å². The van der Waals surface area contributed by atoms with Crippen LogP contribution in [0.1, 0.15) is 54.4 Å². The Balaban J connectivity index is 0.00000147. The Morgan fingerprint density at radius 1 is 1.15 bits per heavy atom. The summed E-state index contributed by atoms with van der Waals surface area (Å²) in [5.41, 5.74) is 2.23. The second-order valence-corrected chi connectivity index (χ2v) is 6.15. The number of halogens is 1. The Labute approximate surface area is 128 Å². The Morgan fingerprint density at radius 3 is 2.60 bits per heavy atom. The Kier molecular flexibility index (Phi) is 5.22. The number of likely N-dealkylation sites (tertiary alicyclic amines) is 1. The third-order valence-electron chi connectivity index (χ3n) is 4.69. The molecule has 2 atom stereocenters. The van der Waals surface area contributed by atoms with E-state index in [4.69, 9.17) is 0 Å². The first-order valence-electron chi connectivity index (χ1n) is 7.61. The summed E-state index contributed by atoms with van der Waals surface area (Å²) in [6, 6.07) is 8.17. The number of fused-ring (bicyclic) bond motifs is 1. The number of hydrogen-bond donors (Lipinski definition) is 0. The van der Waals surface area contributed by atoms with E-state index in [0.717, 1.165) is 18.5 Å². The van der Waals surface area contributed by atoms with Crippen LogP contribution in [-0.2, 0) is 0 Å². The molecule has 2 unspecified atom stereocenters. The number of carbonyl (C=O) groups excluding carboxylic acids is 1. The maximum absolute atomic E-state index is 12.6. The quantitative estimate of drug-likeness (QED) is 0.824. The molecule has 1 fully saturated rings. The highest BCUT2D eigenvalue weighted by Gasteiger charge is 2.32. The first-order valence-corrected chi connectivity index (χ1v) is 7.61. The van der Waals surface area contributed by atoms with Gasteiger partial charge in [-0.15, -0.1) is 12.4 Å². The van der Waals surface area contributed by atoms with Crippen LogP contribution in [0.3, 0.4) is 0 Å². The molecular weight excluding hydrogens is 270 g/mol. The molecule has 2 aliphatic rings. The zero-order valence-electron chi connectivity index (χ0n) is 12.2. The van der Waals surface area contributed by atoms with E-state index in [0.29, 0.717) is 11.7 Å². The summed E-state index contributed by atoms with van der Waals surface area (Å²) in [5.74, 6) is 1.10. The van der Waals surface area contributed by atoms with Gasteiger partial charge in [-0.3, -0.25) is 4.79 Å². The molecule has 2 nitrogen and oxygen atoms in total. The summed E-state index contributed by atoms with van der Waals surface area (Å²) < 4.78 is 0. The molecule has 0 saturated carbocycles. The molecule has 0 bridgehead atoms. The fraction of sp³-hybridized carbons (Fsp3) is 0.588. The lowest BCUT2D eigenvalue weighted by Gasteiger charge is -2.34. The van der Waals surface area contributed by atoms with Gasteiger partial charge in [0.15, 0.2) is 5.78 Å². The molecule has 0 N–H and O–H groups in total. The van der Waals surface area contributed by atoms with E-state index in [1.54, 1.807) is 0 Å². The molecule has 1 aromatic rings. The molecule has 0 amide bonds. The minimum absolute atomic E-state index is 0. The molecule has 0 radical (unpaired) electrons. The minimum atomic E-state index is 0. The molecule has 1 heterocycles. The summed E-state index contributed by atoms with van der Waals surface area (Å²) in [4.78, 5) is 15.1. The molecule has 1 aliphatic heterocycles. The van der Waals surface area contributed by atoms with Crippen LogP contribution in [0.15, 0.2) is 24.3 Å². The van der Waals surface area contributed by atoms with Gasteiger partial charge >= 0.3 is 0 Å². The largest absolute Gasteiger partial charge is 0.303 e. The molecule has 3 rings (SSSR count). The first kappa shape index (κ1) is 15.5. The van der Waals surface area contributed by atoms with Crippen LogP contribution in [0, 0.1) is 5.92 Å². The lowest BCUT2D eigenvalue weighted by Crippen LogP contribution is -2.39. The van der Waals surface area contributed by atoms with Gasteiger partial charge in [0, 0.05) is 18.0 Å². The van der Waals surface area contributed by atoms with Gasteiger partial charge in [-0.2, -0.15) is 0 Å². The van der Waals surface area contributed by atoms with E-state index in [2.05, 4.69) is 17.9 Å². The van der Waals surface area contributed by atoms with Crippen molar-refractivity contribution in [1.29, 1.82) is 0 Å². The predicted molar refractivity (Wildman–Crippen MR) is 84.8 cm³/mol. The maximum atomic E-state index is 12.6. The summed E-state index contributed by atoms with van der Waals surface area (Å²) in [5, 5.41) is 0. The van der Waals surface area contributed by atoms with Crippen molar-refractivity contribution in [2.45, 2.75) is 38.5 Å². The van der Waals surface area contributed by atoms with E-state index < -0.39 is 0 Å². The third kappa shape index (κ3) is 3.07. The zero-order chi connectivity index (χ0) is 13.2. The van der Waals surface area contributed by atoms with Crippen LogP contribution in [-0.4, -0.2) is 30.3 Å². The van der Waals surface area contributed by atoms with Crippen LogP contribution in [0.5, 0.6) is 0 Å². The highest BCUT2D eigenvalue weighted by Crippen LogP contribution is 2.35. The number of hydrogen-bond acceptors (Lipinski definition) is 2. The predicted octanol–water partition coefficient (Wildman–Crippen LogP) is 3.90. The summed E-state index contributed by atoms with van der Waals surface area (Å²) in [6.07, 6.45) is 4.97. The molecule has 0 aromatic heterocycles. The van der Waals surface area contributed by atoms with Gasteiger partial charge in [0.25, 0.3) is 0 Å². The van der Waals surface area contributed by atoms with Crippen molar-refractivity contribution in [3.8, 4) is 0 Å². The number of benzene rings is 1. The number of Topliss-reactive ketones (excluding diaryl/α,β-unsaturated/α-hetero) is 1.